The molecule has 0 aliphatic carbocycles. The summed E-state index contributed by atoms with van der Waals surface area (Å²) in [6.07, 6.45) is 0. The highest BCUT2D eigenvalue weighted by atomic mass is 35.5. The first-order valence-corrected chi connectivity index (χ1v) is 3.05. The van der Waals surface area contributed by atoms with Crippen LogP contribution in [0.5, 0.6) is 5.75 Å². The molecule has 0 aliphatic heterocycles. The van der Waals surface area contributed by atoms with Crippen LogP contribution in [0.2, 0.25) is 0 Å². The van der Waals surface area contributed by atoms with Gasteiger partial charge in [-0.05, 0) is 17.3 Å². The van der Waals surface area contributed by atoms with E-state index >= 15 is 0 Å². The van der Waals surface area contributed by atoms with Crippen molar-refractivity contribution in [3.8, 4) is 5.75 Å². The van der Waals surface area contributed by atoms with Crippen molar-refractivity contribution in [3.05, 3.63) is 23.1 Å². The Bertz CT molecular complexity index is 278. The number of methoxy groups -OCH3 is 1. The number of nitrogen functional groups attached to an aromatic ring is 1. The van der Waals surface area contributed by atoms with Gasteiger partial charge in [0, 0.05) is 0 Å². The van der Waals surface area contributed by atoms with Crippen LogP contribution in [-0.4, -0.2) is 7.11 Å². The number of nitroso groups, excluding NO2 is 1. The van der Waals surface area contributed by atoms with Crippen LogP contribution in [0.3, 0.4) is 0 Å². The molecule has 1 rings (SSSR count). The predicted octanol–water partition coefficient (Wildman–Crippen LogP) is 2.10. The maximum Gasteiger partial charge on any atom is 0.172 e. The van der Waals surface area contributed by atoms with Crippen molar-refractivity contribution >= 4 is 23.8 Å². The number of nitrogens with two attached hydrogens (primary N) is 1. The van der Waals surface area contributed by atoms with Crippen LogP contribution in [0.15, 0.2) is 23.4 Å². The number of nitrogens with zero attached hydrogens (tertiary/aromatic N) is 1. The molecule has 12 heavy (non-hydrogen) atoms. The van der Waals surface area contributed by atoms with E-state index in [2.05, 4.69) is 5.18 Å². The first-order valence-electron chi connectivity index (χ1n) is 3.05. The topological polar surface area (TPSA) is 64.7 Å². The van der Waals surface area contributed by atoms with E-state index < -0.39 is 0 Å². The third-order valence-corrected chi connectivity index (χ3v) is 1.34. The second-order valence-corrected chi connectivity index (χ2v) is 1.99. The van der Waals surface area contributed by atoms with E-state index in [1.54, 1.807) is 18.2 Å². The molecule has 0 amide bonds. The van der Waals surface area contributed by atoms with Gasteiger partial charge in [-0.15, -0.1) is 17.3 Å². The van der Waals surface area contributed by atoms with Crippen LogP contribution in [0.25, 0.3) is 0 Å². The Balaban J connectivity index is 0.00000121. The zero-order chi connectivity index (χ0) is 8.27. The van der Waals surface area contributed by atoms with Gasteiger partial charge >= 0.3 is 0 Å². The fourth-order valence-electron chi connectivity index (χ4n) is 0.802. The molecule has 1 aromatic rings. The molecule has 5 heteroatoms. The van der Waals surface area contributed by atoms with E-state index in [1.165, 1.54) is 7.11 Å². The highest BCUT2D eigenvalue weighted by molar-refractivity contribution is 5.85. The van der Waals surface area contributed by atoms with Gasteiger partial charge in [-0.2, -0.15) is 0 Å². The summed E-state index contributed by atoms with van der Waals surface area (Å²) in [6.45, 7) is 0. The van der Waals surface area contributed by atoms with E-state index in [9.17, 15) is 4.91 Å². The summed E-state index contributed by atoms with van der Waals surface area (Å²) in [5, 5.41) is 2.74. The lowest BCUT2D eigenvalue weighted by Gasteiger charge is -2.02. The zero-order valence-electron chi connectivity index (χ0n) is 6.48. The maximum absolute atomic E-state index is 10.2. The summed E-state index contributed by atoms with van der Waals surface area (Å²) in [5.74, 6) is 0.403. The van der Waals surface area contributed by atoms with Crippen molar-refractivity contribution < 1.29 is 4.74 Å². The second-order valence-electron chi connectivity index (χ2n) is 1.99. The van der Waals surface area contributed by atoms with Gasteiger partial charge in [0.1, 0.15) is 5.75 Å². The first-order chi connectivity index (χ1) is 5.29. The minimum absolute atomic E-state index is 0. The summed E-state index contributed by atoms with van der Waals surface area (Å²) in [5.41, 5.74) is 5.93. The van der Waals surface area contributed by atoms with Crippen molar-refractivity contribution in [2.75, 3.05) is 12.8 Å². The smallest absolute Gasteiger partial charge is 0.172 e. The SMILES string of the molecule is COc1cccc(N)c1N=O.Cl. The van der Waals surface area contributed by atoms with E-state index in [1.807, 2.05) is 0 Å². The molecule has 0 radical (unpaired) electrons. The molecule has 4 nitrogen and oxygen atoms in total. The standard InChI is InChI=1S/C7H8N2O2.ClH/c1-11-6-4-2-3-5(8)7(6)9-10;/h2-4H,8H2,1H3;1H. The molecule has 0 heterocycles. The summed E-state index contributed by atoms with van der Waals surface area (Å²) >= 11 is 0. The molecule has 0 unspecified atom stereocenters. The summed E-state index contributed by atoms with van der Waals surface area (Å²) in [7, 11) is 1.46. The van der Waals surface area contributed by atoms with Crippen LogP contribution >= 0.6 is 12.4 Å². The molecule has 0 saturated carbocycles. The number of hydrogen-bond donors (Lipinski definition) is 1. The molecular weight excluding hydrogens is 180 g/mol. The van der Waals surface area contributed by atoms with Crippen LogP contribution < -0.4 is 10.5 Å². The minimum Gasteiger partial charge on any atom is -0.494 e. The van der Waals surface area contributed by atoms with Gasteiger partial charge in [0.2, 0.25) is 0 Å². The summed E-state index contributed by atoms with van der Waals surface area (Å²) in [4.78, 5) is 10.2. The van der Waals surface area contributed by atoms with Crippen molar-refractivity contribution in [1.82, 2.24) is 0 Å². The lowest BCUT2D eigenvalue weighted by atomic mass is 10.2. The quantitative estimate of drug-likeness (QED) is 0.571. The lowest BCUT2D eigenvalue weighted by molar-refractivity contribution is 0.416. The predicted molar refractivity (Wildman–Crippen MR) is 50.1 cm³/mol. The number of ether oxygens (including phenoxy) is 1. The Hall–Kier alpha value is -1.29. The molecule has 0 aromatic heterocycles. The molecule has 0 aliphatic rings. The number of benzene rings is 1. The molecule has 66 valence electrons. The minimum atomic E-state index is 0. The van der Waals surface area contributed by atoms with E-state index in [0.717, 1.165) is 0 Å². The van der Waals surface area contributed by atoms with Crippen LogP contribution in [0, 0.1) is 4.91 Å². The lowest BCUT2D eigenvalue weighted by Crippen LogP contribution is -1.88. The molecule has 0 fully saturated rings. The zero-order valence-corrected chi connectivity index (χ0v) is 7.30. The molecular formula is C7H9ClN2O2. The number of halogens is 1. The number of anilines is 1. The molecule has 0 bridgehead atoms. The van der Waals surface area contributed by atoms with E-state index in [-0.39, 0.29) is 18.1 Å². The van der Waals surface area contributed by atoms with Gasteiger partial charge in [0.25, 0.3) is 0 Å². The van der Waals surface area contributed by atoms with Crippen molar-refractivity contribution in [2.45, 2.75) is 0 Å². The fourth-order valence-corrected chi connectivity index (χ4v) is 0.802. The van der Waals surface area contributed by atoms with Gasteiger partial charge in [-0.1, -0.05) is 6.07 Å². The largest absolute Gasteiger partial charge is 0.494 e. The van der Waals surface area contributed by atoms with Crippen LogP contribution in [0.4, 0.5) is 11.4 Å². The van der Waals surface area contributed by atoms with Crippen molar-refractivity contribution in [2.24, 2.45) is 5.18 Å². The van der Waals surface area contributed by atoms with Gasteiger partial charge in [0.05, 0.1) is 12.8 Å². The highest BCUT2D eigenvalue weighted by Crippen LogP contribution is 2.32. The molecule has 0 saturated heterocycles. The Morgan fingerprint density at radius 3 is 2.58 bits per heavy atom. The van der Waals surface area contributed by atoms with Crippen LogP contribution in [-0.2, 0) is 0 Å². The maximum atomic E-state index is 10.2. The van der Waals surface area contributed by atoms with E-state index in [0.29, 0.717) is 11.4 Å². The molecule has 0 atom stereocenters. The van der Waals surface area contributed by atoms with Gasteiger partial charge < -0.3 is 10.5 Å². The number of rotatable bonds is 2. The first kappa shape index (κ1) is 10.7. The van der Waals surface area contributed by atoms with Crippen molar-refractivity contribution in [3.63, 3.8) is 0 Å². The molecule has 0 spiro atoms. The van der Waals surface area contributed by atoms with Gasteiger partial charge in [-0.3, -0.25) is 0 Å². The summed E-state index contributed by atoms with van der Waals surface area (Å²) in [6, 6.07) is 4.93. The van der Waals surface area contributed by atoms with E-state index in [4.69, 9.17) is 10.5 Å². The second kappa shape index (κ2) is 4.56. The van der Waals surface area contributed by atoms with Crippen molar-refractivity contribution in [1.29, 1.82) is 0 Å². The molecule has 2 N–H and O–H groups in total. The van der Waals surface area contributed by atoms with Crippen LogP contribution in [0.1, 0.15) is 0 Å². The third-order valence-electron chi connectivity index (χ3n) is 1.34. The normalized spacial score (nSPS) is 8.42. The number of hydrogen-bond acceptors (Lipinski definition) is 4. The average Bonchev–Trinajstić information content (AvgIpc) is 2.04. The Labute approximate surface area is 76.1 Å². The Morgan fingerprint density at radius 1 is 1.50 bits per heavy atom. The highest BCUT2D eigenvalue weighted by Gasteiger charge is 2.05. The average molecular weight is 189 g/mol. The third kappa shape index (κ3) is 1.85. The monoisotopic (exact) mass is 188 g/mol. The summed E-state index contributed by atoms with van der Waals surface area (Å²) < 4.78 is 4.84. The van der Waals surface area contributed by atoms with Gasteiger partial charge in [-0.25, -0.2) is 0 Å². The Kier molecular flexibility index (Phi) is 4.07. The molecule has 1 aromatic carbocycles. The Morgan fingerprint density at radius 2 is 2.17 bits per heavy atom. The fraction of sp³-hybridized carbons (Fsp3) is 0.143. The van der Waals surface area contributed by atoms with Gasteiger partial charge in [0.15, 0.2) is 5.69 Å².